The molecule has 1 aromatic carbocycles. The molecule has 0 amide bonds. The van der Waals surface area contributed by atoms with Crippen molar-refractivity contribution in [1.29, 1.82) is 0 Å². The van der Waals surface area contributed by atoms with Crippen LogP contribution >= 0.6 is 11.6 Å². The van der Waals surface area contributed by atoms with Gasteiger partial charge in [0.25, 0.3) is 0 Å². The molecule has 3 nitrogen and oxygen atoms in total. The van der Waals surface area contributed by atoms with Crippen LogP contribution < -0.4 is 10.1 Å². The number of rotatable bonds is 5. The number of methoxy groups -OCH3 is 1. The number of alkyl halides is 1. The number of benzene rings is 1. The van der Waals surface area contributed by atoms with Crippen molar-refractivity contribution in [2.24, 2.45) is 0 Å². The third-order valence-electron chi connectivity index (χ3n) is 2.91. The molecular formula is C14H17ClN2O. The fraction of sp³-hybridized carbons (Fsp3) is 0.357. The van der Waals surface area contributed by atoms with Gasteiger partial charge in [-0.15, -0.1) is 11.6 Å². The fourth-order valence-electron chi connectivity index (χ4n) is 1.78. The molecule has 96 valence electrons. The largest absolute Gasteiger partial charge is 0.497 e. The number of hydrogen-bond acceptors (Lipinski definition) is 3. The average molecular weight is 265 g/mol. The van der Waals surface area contributed by atoms with E-state index in [1.807, 2.05) is 24.3 Å². The molecule has 2 aromatic rings. The van der Waals surface area contributed by atoms with Gasteiger partial charge in [-0.3, -0.25) is 0 Å². The van der Waals surface area contributed by atoms with Crippen LogP contribution in [-0.4, -0.2) is 24.0 Å². The van der Waals surface area contributed by atoms with Crippen molar-refractivity contribution in [2.45, 2.75) is 18.7 Å². The van der Waals surface area contributed by atoms with Crippen molar-refractivity contribution in [3.05, 3.63) is 30.5 Å². The lowest BCUT2D eigenvalue weighted by Gasteiger charge is -2.11. The van der Waals surface area contributed by atoms with E-state index in [1.54, 1.807) is 13.3 Å². The van der Waals surface area contributed by atoms with Crippen molar-refractivity contribution >= 4 is 28.2 Å². The molecule has 1 N–H and O–H groups in total. The number of anilines is 1. The van der Waals surface area contributed by atoms with Crippen molar-refractivity contribution in [3.8, 4) is 5.75 Å². The van der Waals surface area contributed by atoms with Gasteiger partial charge in [-0.05, 0) is 36.1 Å². The monoisotopic (exact) mass is 264 g/mol. The van der Waals surface area contributed by atoms with Crippen LogP contribution in [0.1, 0.15) is 13.3 Å². The molecule has 1 aromatic heterocycles. The van der Waals surface area contributed by atoms with Gasteiger partial charge in [-0.2, -0.15) is 0 Å². The van der Waals surface area contributed by atoms with Crippen LogP contribution in [0.15, 0.2) is 30.5 Å². The van der Waals surface area contributed by atoms with Gasteiger partial charge in [0, 0.05) is 18.1 Å². The fourth-order valence-corrected chi connectivity index (χ4v) is 1.85. The van der Waals surface area contributed by atoms with E-state index in [-0.39, 0.29) is 5.38 Å². The smallest absolute Gasteiger partial charge is 0.133 e. The van der Waals surface area contributed by atoms with E-state index in [0.29, 0.717) is 0 Å². The Morgan fingerprint density at radius 3 is 2.94 bits per heavy atom. The first-order chi connectivity index (χ1) is 8.74. The predicted molar refractivity (Wildman–Crippen MR) is 76.7 cm³/mol. The van der Waals surface area contributed by atoms with Crippen LogP contribution in [0, 0.1) is 0 Å². The molecule has 1 unspecified atom stereocenters. The molecule has 0 fully saturated rings. The molecule has 0 aliphatic carbocycles. The lowest BCUT2D eigenvalue weighted by atomic mass is 10.1. The number of nitrogens with one attached hydrogen (secondary N) is 1. The molecule has 0 saturated carbocycles. The second-order valence-corrected chi connectivity index (χ2v) is 4.75. The quantitative estimate of drug-likeness (QED) is 0.837. The van der Waals surface area contributed by atoms with E-state index >= 15 is 0 Å². The SMILES string of the molecule is CCC(Cl)CNc1nccc2cc(OC)ccc12. The van der Waals surface area contributed by atoms with E-state index in [1.165, 1.54) is 0 Å². The number of nitrogens with zero attached hydrogens (tertiary/aromatic N) is 1. The van der Waals surface area contributed by atoms with Crippen molar-refractivity contribution in [2.75, 3.05) is 19.0 Å². The number of pyridine rings is 1. The Bertz CT molecular complexity index is 530. The summed E-state index contributed by atoms with van der Waals surface area (Å²) in [6, 6.07) is 7.92. The molecular weight excluding hydrogens is 248 g/mol. The number of hydrogen-bond donors (Lipinski definition) is 1. The standard InChI is InChI=1S/C14H17ClN2O/c1-3-11(15)9-17-14-13-5-4-12(18-2)8-10(13)6-7-16-14/h4-8,11H,3,9H2,1-2H3,(H,16,17). The minimum Gasteiger partial charge on any atom is -0.497 e. The first kappa shape index (κ1) is 13.0. The maximum atomic E-state index is 6.10. The summed E-state index contributed by atoms with van der Waals surface area (Å²) in [5, 5.41) is 5.60. The number of aromatic nitrogens is 1. The van der Waals surface area contributed by atoms with Crippen molar-refractivity contribution in [3.63, 3.8) is 0 Å². The first-order valence-electron chi connectivity index (χ1n) is 6.05. The molecule has 2 rings (SSSR count). The van der Waals surface area contributed by atoms with E-state index in [0.717, 1.165) is 35.3 Å². The van der Waals surface area contributed by atoms with Gasteiger partial charge in [0.05, 0.1) is 12.5 Å². The summed E-state index contributed by atoms with van der Waals surface area (Å²) in [5.41, 5.74) is 0. The van der Waals surface area contributed by atoms with Gasteiger partial charge in [0.1, 0.15) is 11.6 Å². The van der Waals surface area contributed by atoms with Crippen LogP contribution in [0.5, 0.6) is 5.75 Å². The Morgan fingerprint density at radius 1 is 1.39 bits per heavy atom. The predicted octanol–water partition coefficient (Wildman–Crippen LogP) is 3.67. The van der Waals surface area contributed by atoms with Crippen molar-refractivity contribution in [1.82, 2.24) is 4.98 Å². The topological polar surface area (TPSA) is 34.2 Å². The minimum atomic E-state index is 0.125. The summed E-state index contributed by atoms with van der Waals surface area (Å²) in [7, 11) is 1.67. The highest BCUT2D eigenvalue weighted by atomic mass is 35.5. The first-order valence-corrected chi connectivity index (χ1v) is 6.49. The molecule has 4 heteroatoms. The summed E-state index contributed by atoms with van der Waals surface area (Å²) in [4.78, 5) is 4.36. The summed E-state index contributed by atoms with van der Waals surface area (Å²) >= 11 is 6.10. The number of fused-ring (bicyclic) bond motifs is 1. The van der Waals surface area contributed by atoms with E-state index < -0.39 is 0 Å². The van der Waals surface area contributed by atoms with Crippen molar-refractivity contribution < 1.29 is 4.74 Å². The van der Waals surface area contributed by atoms with Crippen LogP contribution in [0.4, 0.5) is 5.82 Å². The van der Waals surface area contributed by atoms with E-state index in [4.69, 9.17) is 16.3 Å². The van der Waals surface area contributed by atoms with Gasteiger partial charge in [0.2, 0.25) is 0 Å². The van der Waals surface area contributed by atoms with Crippen LogP contribution in [0.3, 0.4) is 0 Å². The second-order valence-electron chi connectivity index (χ2n) is 4.13. The molecule has 0 aliphatic heterocycles. The van der Waals surface area contributed by atoms with Gasteiger partial charge in [-0.25, -0.2) is 4.98 Å². The van der Waals surface area contributed by atoms with Crippen LogP contribution in [-0.2, 0) is 0 Å². The second kappa shape index (κ2) is 5.91. The third kappa shape index (κ3) is 2.85. The highest BCUT2D eigenvalue weighted by Crippen LogP contribution is 2.25. The lowest BCUT2D eigenvalue weighted by molar-refractivity contribution is 0.415. The summed E-state index contributed by atoms with van der Waals surface area (Å²) in [6.45, 7) is 2.79. The van der Waals surface area contributed by atoms with E-state index in [2.05, 4.69) is 17.2 Å². The highest BCUT2D eigenvalue weighted by molar-refractivity contribution is 6.20. The lowest BCUT2D eigenvalue weighted by Crippen LogP contribution is -2.14. The van der Waals surface area contributed by atoms with Gasteiger partial charge in [-0.1, -0.05) is 6.92 Å². The Kier molecular flexibility index (Phi) is 4.26. The minimum absolute atomic E-state index is 0.125. The highest BCUT2D eigenvalue weighted by Gasteiger charge is 2.05. The molecule has 0 spiro atoms. The molecule has 0 bridgehead atoms. The zero-order valence-corrected chi connectivity index (χ0v) is 11.4. The Labute approximate surface area is 112 Å². The zero-order chi connectivity index (χ0) is 13.0. The van der Waals surface area contributed by atoms with Gasteiger partial charge >= 0.3 is 0 Å². The van der Waals surface area contributed by atoms with Crippen LogP contribution in [0.2, 0.25) is 0 Å². The number of ether oxygens (including phenoxy) is 1. The van der Waals surface area contributed by atoms with Gasteiger partial charge in [0.15, 0.2) is 0 Å². The average Bonchev–Trinajstić information content (AvgIpc) is 2.43. The Balaban J connectivity index is 2.28. The Hall–Kier alpha value is -1.48. The maximum absolute atomic E-state index is 6.10. The maximum Gasteiger partial charge on any atom is 0.133 e. The van der Waals surface area contributed by atoms with Gasteiger partial charge < -0.3 is 10.1 Å². The normalized spacial score (nSPS) is 12.4. The third-order valence-corrected chi connectivity index (χ3v) is 3.37. The molecule has 1 heterocycles. The zero-order valence-electron chi connectivity index (χ0n) is 10.6. The van der Waals surface area contributed by atoms with E-state index in [9.17, 15) is 0 Å². The number of halogens is 1. The molecule has 0 aliphatic rings. The molecule has 0 radical (unpaired) electrons. The van der Waals surface area contributed by atoms with Crippen LogP contribution in [0.25, 0.3) is 10.8 Å². The summed E-state index contributed by atoms with van der Waals surface area (Å²) in [5.74, 6) is 1.72. The molecule has 18 heavy (non-hydrogen) atoms. The Morgan fingerprint density at radius 2 is 2.22 bits per heavy atom. The summed E-state index contributed by atoms with van der Waals surface area (Å²) < 4.78 is 5.22. The summed E-state index contributed by atoms with van der Waals surface area (Å²) in [6.07, 6.45) is 2.73. The molecule has 0 saturated heterocycles. The molecule has 1 atom stereocenters.